The molecule has 3 heterocycles. The molecule has 2 nitrogen and oxygen atoms in total. The van der Waals surface area contributed by atoms with Gasteiger partial charge in [0.15, 0.2) is 5.78 Å². The first kappa shape index (κ1) is 17.0. The van der Waals surface area contributed by atoms with Crippen LogP contribution in [0.2, 0.25) is 0 Å². The minimum absolute atomic E-state index is 0.167. The number of thiophene rings is 1. The predicted molar refractivity (Wildman–Crippen MR) is 110 cm³/mol. The maximum Gasteiger partial charge on any atom is 0.195 e. The van der Waals surface area contributed by atoms with E-state index >= 15 is 0 Å². The Kier molecular flexibility index (Phi) is 4.41. The summed E-state index contributed by atoms with van der Waals surface area (Å²) in [6, 6.07) is 10.7. The monoisotopic (exact) mass is 361 g/mol. The third kappa shape index (κ3) is 2.67. The van der Waals surface area contributed by atoms with Crippen molar-refractivity contribution in [2.45, 2.75) is 38.6 Å². The number of benzene rings is 1. The molecule has 3 heteroatoms. The summed E-state index contributed by atoms with van der Waals surface area (Å²) in [4.78, 5) is 15.6. The Balaban J connectivity index is 1.82. The molecule has 1 atom stereocenters. The maximum absolute atomic E-state index is 13.4. The Morgan fingerprint density at radius 1 is 1.08 bits per heavy atom. The zero-order valence-electron chi connectivity index (χ0n) is 15.2. The third-order valence-electron chi connectivity index (χ3n) is 5.29. The Labute approximate surface area is 159 Å². The van der Waals surface area contributed by atoms with Crippen molar-refractivity contribution in [3.63, 3.8) is 0 Å². The van der Waals surface area contributed by atoms with Crippen LogP contribution in [0.25, 0.3) is 11.3 Å². The molecule has 132 valence electrons. The van der Waals surface area contributed by atoms with Crippen molar-refractivity contribution in [1.82, 2.24) is 4.90 Å². The first-order valence-electron chi connectivity index (χ1n) is 9.21. The zero-order valence-corrected chi connectivity index (χ0v) is 16.1. The molecule has 2 aliphatic heterocycles. The van der Waals surface area contributed by atoms with Crippen LogP contribution in [0, 0.1) is 0 Å². The Morgan fingerprint density at radius 2 is 1.88 bits per heavy atom. The van der Waals surface area contributed by atoms with E-state index in [0.29, 0.717) is 0 Å². The number of nitrogens with zero attached hydrogens (tertiary/aromatic N) is 1. The summed E-state index contributed by atoms with van der Waals surface area (Å²) in [7, 11) is 0. The van der Waals surface area contributed by atoms with E-state index in [1.54, 1.807) is 11.3 Å². The summed E-state index contributed by atoms with van der Waals surface area (Å²) in [6.07, 6.45) is 11.5. The van der Waals surface area contributed by atoms with Crippen LogP contribution < -0.4 is 0 Å². The molecule has 0 fully saturated rings. The summed E-state index contributed by atoms with van der Waals surface area (Å²) in [5.74, 6) is 0.167. The van der Waals surface area contributed by atoms with E-state index in [9.17, 15) is 4.79 Å². The molecule has 1 aromatic heterocycles. The summed E-state index contributed by atoms with van der Waals surface area (Å²) in [5, 5.41) is 4.19. The molecular formula is C23H23NOS. The molecular weight excluding hydrogens is 338 g/mol. The standard InChI is InChI=1S/C23H23NOS/c1-3-4-7-17-8-10-18(11-9-17)20-21(19-12-15-26-16-19)24-14-6-5-13-23(24,2)22(20)25/h5-6,8-16H,3-4,7H2,1-2H3. The zero-order chi connectivity index (χ0) is 18.1. The van der Waals surface area contributed by atoms with Gasteiger partial charge in [-0.25, -0.2) is 0 Å². The summed E-state index contributed by atoms with van der Waals surface area (Å²) < 4.78 is 0. The Bertz CT molecular complexity index is 902. The largest absolute Gasteiger partial charge is 0.330 e. The van der Waals surface area contributed by atoms with Crippen LogP contribution >= 0.6 is 11.3 Å². The molecule has 2 aliphatic rings. The molecule has 4 rings (SSSR count). The van der Waals surface area contributed by atoms with Gasteiger partial charge in [-0.15, -0.1) is 0 Å². The summed E-state index contributed by atoms with van der Waals surface area (Å²) >= 11 is 1.66. The van der Waals surface area contributed by atoms with Crippen molar-refractivity contribution >= 4 is 28.4 Å². The first-order chi connectivity index (χ1) is 12.6. The second kappa shape index (κ2) is 6.73. The molecule has 2 aromatic rings. The number of allylic oxidation sites excluding steroid dienone is 2. The number of hydrogen-bond acceptors (Lipinski definition) is 3. The average molecular weight is 362 g/mol. The summed E-state index contributed by atoms with van der Waals surface area (Å²) in [6.45, 7) is 4.21. The number of hydrogen-bond donors (Lipinski definition) is 0. The van der Waals surface area contributed by atoms with Crippen LogP contribution in [0.3, 0.4) is 0 Å². The van der Waals surface area contributed by atoms with E-state index in [1.807, 2.05) is 31.4 Å². The van der Waals surface area contributed by atoms with Crippen molar-refractivity contribution in [2.75, 3.05) is 0 Å². The molecule has 0 N–H and O–H groups in total. The maximum atomic E-state index is 13.4. The van der Waals surface area contributed by atoms with E-state index in [0.717, 1.165) is 28.8 Å². The highest BCUT2D eigenvalue weighted by molar-refractivity contribution is 7.08. The van der Waals surface area contributed by atoms with Crippen molar-refractivity contribution in [2.24, 2.45) is 0 Å². The van der Waals surface area contributed by atoms with Crippen molar-refractivity contribution in [3.8, 4) is 0 Å². The van der Waals surface area contributed by atoms with Gasteiger partial charge < -0.3 is 4.90 Å². The van der Waals surface area contributed by atoms with Gasteiger partial charge in [0, 0.05) is 17.1 Å². The van der Waals surface area contributed by atoms with Gasteiger partial charge in [0.2, 0.25) is 0 Å². The van der Waals surface area contributed by atoms with Crippen LogP contribution in [0.4, 0.5) is 0 Å². The van der Waals surface area contributed by atoms with Gasteiger partial charge in [-0.2, -0.15) is 11.3 Å². The molecule has 0 aliphatic carbocycles. The van der Waals surface area contributed by atoms with Crippen molar-refractivity contribution in [1.29, 1.82) is 0 Å². The Morgan fingerprint density at radius 3 is 2.58 bits per heavy atom. The molecule has 0 bridgehead atoms. The lowest BCUT2D eigenvalue weighted by molar-refractivity contribution is -0.118. The lowest BCUT2D eigenvalue weighted by Crippen LogP contribution is -2.43. The highest BCUT2D eigenvalue weighted by Gasteiger charge is 2.48. The van der Waals surface area contributed by atoms with Crippen LogP contribution in [-0.4, -0.2) is 16.2 Å². The number of unbranched alkanes of at least 4 members (excludes halogenated alkanes) is 1. The molecule has 0 saturated heterocycles. The van der Waals surface area contributed by atoms with Crippen molar-refractivity contribution < 1.29 is 4.79 Å². The van der Waals surface area contributed by atoms with E-state index in [-0.39, 0.29) is 5.78 Å². The SMILES string of the molecule is CCCCc1ccc(C2=C(c3ccsc3)N3C=CC=CC3(C)C2=O)cc1. The van der Waals surface area contributed by atoms with Gasteiger partial charge >= 0.3 is 0 Å². The first-order valence-corrected chi connectivity index (χ1v) is 10.2. The van der Waals surface area contributed by atoms with Crippen LogP contribution in [0.15, 0.2) is 65.5 Å². The van der Waals surface area contributed by atoms with Gasteiger partial charge in [0.25, 0.3) is 0 Å². The van der Waals surface area contributed by atoms with Gasteiger partial charge in [0.1, 0.15) is 5.54 Å². The molecule has 0 saturated carbocycles. The molecule has 26 heavy (non-hydrogen) atoms. The second-order valence-corrected chi connectivity index (χ2v) is 7.86. The van der Waals surface area contributed by atoms with Gasteiger partial charge in [-0.05, 0) is 48.4 Å². The number of ketones is 1. The Hall–Kier alpha value is -2.39. The fourth-order valence-corrected chi connectivity index (χ4v) is 4.40. The van der Waals surface area contributed by atoms with Gasteiger partial charge in [-0.1, -0.05) is 49.8 Å². The number of carbonyl (C=O) groups excluding carboxylic acids is 1. The minimum atomic E-state index is -0.637. The highest BCUT2D eigenvalue weighted by Crippen LogP contribution is 2.46. The number of rotatable bonds is 5. The fourth-order valence-electron chi connectivity index (χ4n) is 3.76. The molecule has 1 unspecified atom stereocenters. The topological polar surface area (TPSA) is 20.3 Å². The van der Waals surface area contributed by atoms with Crippen molar-refractivity contribution in [3.05, 3.63) is 82.2 Å². The number of fused-ring (bicyclic) bond motifs is 1. The highest BCUT2D eigenvalue weighted by atomic mass is 32.1. The second-order valence-electron chi connectivity index (χ2n) is 7.08. The van der Waals surface area contributed by atoms with E-state index in [1.165, 1.54) is 18.4 Å². The molecule has 0 amide bonds. The third-order valence-corrected chi connectivity index (χ3v) is 5.97. The summed E-state index contributed by atoms with van der Waals surface area (Å²) in [5.41, 5.74) is 4.65. The predicted octanol–water partition coefficient (Wildman–Crippen LogP) is 5.69. The van der Waals surface area contributed by atoms with Gasteiger partial charge in [0.05, 0.1) is 11.3 Å². The molecule has 1 aromatic carbocycles. The van der Waals surface area contributed by atoms with Crippen LogP contribution in [0.1, 0.15) is 43.4 Å². The van der Waals surface area contributed by atoms with E-state index < -0.39 is 5.54 Å². The lowest BCUT2D eigenvalue weighted by Gasteiger charge is -2.34. The van der Waals surface area contributed by atoms with Crippen LogP contribution in [0.5, 0.6) is 0 Å². The normalized spacial score (nSPS) is 21.6. The van der Waals surface area contributed by atoms with Gasteiger partial charge in [-0.3, -0.25) is 4.79 Å². The smallest absolute Gasteiger partial charge is 0.195 e. The number of carbonyl (C=O) groups is 1. The molecule has 0 radical (unpaired) electrons. The minimum Gasteiger partial charge on any atom is -0.330 e. The quantitative estimate of drug-likeness (QED) is 0.682. The average Bonchev–Trinajstić information content (AvgIpc) is 3.26. The number of Topliss-reactive ketones (excluding diaryl/α,β-unsaturated/α-hetero) is 1. The molecule has 0 spiro atoms. The van der Waals surface area contributed by atoms with Crippen LogP contribution in [-0.2, 0) is 11.2 Å². The fraction of sp³-hybridized carbons (Fsp3) is 0.261. The number of aryl methyl sites for hydroxylation is 1. The lowest BCUT2D eigenvalue weighted by atomic mass is 9.89. The van der Waals surface area contributed by atoms with E-state index in [4.69, 9.17) is 0 Å². The van der Waals surface area contributed by atoms with E-state index in [2.05, 4.69) is 52.9 Å².